The molecule has 0 aromatic heterocycles. The molecule has 0 unspecified atom stereocenters. The standard InChI is InChI=1S/C15H18N2O4/c1-3-4-12(18)10-5-6-13-11(7-10)17(8-14(19)16-2)15(20)9-21-13/h5-7H,3-4,8-9H2,1-2H3,(H,16,19). The van der Waals surface area contributed by atoms with Gasteiger partial charge in [-0.05, 0) is 24.6 Å². The van der Waals surface area contributed by atoms with Crippen LogP contribution in [-0.2, 0) is 9.59 Å². The molecule has 0 atom stereocenters. The summed E-state index contributed by atoms with van der Waals surface area (Å²) in [7, 11) is 1.51. The minimum absolute atomic E-state index is 0.0122. The van der Waals surface area contributed by atoms with Crippen molar-refractivity contribution >= 4 is 23.3 Å². The number of anilines is 1. The summed E-state index contributed by atoms with van der Waals surface area (Å²) in [6.07, 6.45) is 1.20. The second-order valence-corrected chi connectivity index (χ2v) is 4.80. The number of fused-ring (bicyclic) bond motifs is 1. The summed E-state index contributed by atoms with van der Waals surface area (Å²) in [4.78, 5) is 36.8. The summed E-state index contributed by atoms with van der Waals surface area (Å²) in [6, 6.07) is 4.97. The molecule has 112 valence electrons. The zero-order valence-corrected chi connectivity index (χ0v) is 12.1. The predicted octanol–water partition coefficient (Wildman–Crippen LogP) is 1.14. The molecule has 0 aliphatic carbocycles. The van der Waals surface area contributed by atoms with Crippen LogP contribution in [0.15, 0.2) is 18.2 Å². The molecule has 0 bridgehead atoms. The van der Waals surface area contributed by atoms with E-state index in [-0.39, 0.29) is 30.7 Å². The van der Waals surface area contributed by atoms with Crippen molar-refractivity contribution in [2.75, 3.05) is 25.1 Å². The highest BCUT2D eigenvalue weighted by atomic mass is 16.5. The molecule has 2 rings (SSSR count). The van der Waals surface area contributed by atoms with Gasteiger partial charge in [0.05, 0.1) is 5.69 Å². The van der Waals surface area contributed by atoms with Crippen LogP contribution in [0.2, 0.25) is 0 Å². The van der Waals surface area contributed by atoms with Crippen LogP contribution < -0.4 is 15.0 Å². The average molecular weight is 290 g/mol. The quantitative estimate of drug-likeness (QED) is 0.825. The number of benzene rings is 1. The lowest BCUT2D eigenvalue weighted by Gasteiger charge is -2.29. The van der Waals surface area contributed by atoms with Gasteiger partial charge in [0.15, 0.2) is 12.4 Å². The molecule has 2 amide bonds. The lowest BCUT2D eigenvalue weighted by molar-refractivity contribution is -0.125. The fourth-order valence-corrected chi connectivity index (χ4v) is 2.14. The Labute approximate surface area is 123 Å². The molecule has 0 spiro atoms. The van der Waals surface area contributed by atoms with E-state index in [1.54, 1.807) is 18.2 Å². The summed E-state index contributed by atoms with van der Waals surface area (Å²) < 4.78 is 5.34. The summed E-state index contributed by atoms with van der Waals surface area (Å²) in [5.41, 5.74) is 0.993. The lowest BCUT2D eigenvalue weighted by atomic mass is 10.0. The SMILES string of the molecule is CCCC(=O)c1ccc2c(c1)N(CC(=O)NC)C(=O)CO2. The van der Waals surface area contributed by atoms with Gasteiger partial charge in [0.2, 0.25) is 5.91 Å². The minimum atomic E-state index is -0.300. The van der Waals surface area contributed by atoms with E-state index in [0.717, 1.165) is 6.42 Å². The van der Waals surface area contributed by atoms with E-state index in [0.29, 0.717) is 23.4 Å². The van der Waals surface area contributed by atoms with E-state index in [1.807, 2.05) is 6.92 Å². The third kappa shape index (κ3) is 3.21. The largest absolute Gasteiger partial charge is 0.482 e. The van der Waals surface area contributed by atoms with Gasteiger partial charge in [-0.2, -0.15) is 0 Å². The molecule has 0 saturated carbocycles. The van der Waals surface area contributed by atoms with Crippen LogP contribution in [0, 0.1) is 0 Å². The molecular formula is C15H18N2O4. The molecule has 1 aromatic carbocycles. The Bertz CT molecular complexity index is 583. The average Bonchev–Trinajstić information content (AvgIpc) is 2.49. The highest BCUT2D eigenvalue weighted by Crippen LogP contribution is 2.33. The first-order chi connectivity index (χ1) is 10.1. The topological polar surface area (TPSA) is 75.7 Å². The molecule has 1 aromatic rings. The number of ether oxygens (including phenoxy) is 1. The number of ketones is 1. The van der Waals surface area contributed by atoms with Crippen LogP contribution >= 0.6 is 0 Å². The van der Waals surface area contributed by atoms with E-state index in [4.69, 9.17) is 4.74 Å². The molecule has 1 aliphatic rings. The molecule has 21 heavy (non-hydrogen) atoms. The Morgan fingerprint density at radius 2 is 2.14 bits per heavy atom. The fraction of sp³-hybridized carbons (Fsp3) is 0.400. The van der Waals surface area contributed by atoms with Crippen LogP contribution in [0.25, 0.3) is 0 Å². The number of rotatable bonds is 5. The molecule has 0 fully saturated rings. The first kappa shape index (κ1) is 15.0. The Morgan fingerprint density at radius 1 is 1.38 bits per heavy atom. The molecule has 1 heterocycles. The summed E-state index contributed by atoms with van der Waals surface area (Å²) in [5, 5.41) is 2.48. The van der Waals surface area contributed by atoms with Crippen molar-refractivity contribution in [1.29, 1.82) is 0 Å². The van der Waals surface area contributed by atoms with E-state index in [9.17, 15) is 14.4 Å². The van der Waals surface area contributed by atoms with Crippen LogP contribution in [0.4, 0.5) is 5.69 Å². The molecule has 0 saturated heterocycles. The third-order valence-electron chi connectivity index (χ3n) is 3.28. The Morgan fingerprint density at radius 3 is 2.81 bits per heavy atom. The van der Waals surface area contributed by atoms with Crippen LogP contribution in [0.5, 0.6) is 5.75 Å². The lowest BCUT2D eigenvalue weighted by Crippen LogP contribution is -2.44. The fourth-order valence-electron chi connectivity index (χ4n) is 2.14. The van der Waals surface area contributed by atoms with Gasteiger partial charge in [0, 0.05) is 19.0 Å². The van der Waals surface area contributed by atoms with Crippen molar-refractivity contribution in [2.45, 2.75) is 19.8 Å². The van der Waals surface area contributed by atoms with Crippen LogP contribution in [-0.4, -0.2) is 37.8 Å². The molecular weight excluding hydrogens is 272 g/mol. The van der Waals surface area contributed by atoms with Crippen molar-refractivity contribution in [3.8, 4) is 5.75 Å². The van der Waals surface area contributed by atoms with Gasteiger partial charge in [0.25, 0.3) is 5.91 Å². The van der Waals surface area contributed by atoms with Gasteiger partial charge in [-0.3, -0.25) is 19.3 Å². The molecule has 6 heteroatoms. The number of amides is 2. The zero-order valence-electron chi connectivity index (χ0n) is 12.1. The predicted molar refractivity (Wildman–Crippen MR) is 77.6 cm³/mol. The second kappa shape index (κ2) is 6.39. The Kier molecular flexibility index (Phi) is 4.57. The smallest absolute Gasteiger partial charge is 0.265 e. The number of nitrogens with one attached hydrogen (secondary N) is 1. The van der Waals surface area contributed by atoms with Gasteiger partial charge in [-0.25, -0.2) is 0 Å². The molecule has 1 aliphatic heterocycles. The number of hydrogen-bond donors (Lipinski definition) is 1. The second-order valence-electron chi connectivity index (χ2n) is 4.80. The summed E-state index contributed by atoms with van der Waals surface area (Å²) in [6.45, 7) is 1.74. The Hall–Kier alpha value is -2.37. The highest BCUT2D eigenvalue weighted by molar-refractivity contribution is 6.04. The number of nitrogens with zero attached hydrogens (tertiary/aromatic N) is 1. The number of Topliss-reactive ketones (excluding diaryl/α,β-unsaturated/α-hetero) is 1. The van der Waals surface area contributed by atoms with Gasteiger partial charge in [0.1, 0.15) is 12.3 Å². The van der Waals surface area contributed by atoms with E-state index in [1.165, 1.54) is 11.9 Å². The molecule has 6 nitrogen and oxygen atoms in total. The first-order valence-corrected chi connectivity index (χ1v) is 6.87. The van der Waals surface area contributed by atoms with E-state index < -0.39 is 0 Å². The van der Waals surface area contributed by atoms with E-state index >= 15 is 0 Å². The van der Waals surface area contributed by atoms with Crippen molar-refractivity contribution in [2.24, 2.45) is 0 Å². The number of carbonyl (C=O) groups excluding carboxylic acids is 3. The van der Waals surface area contributed by atoms with Gasteiger partial charge < -0.3 is 10.1 Å². The first-order valence-electron chi connectivity index (χ1n) is 6.87. The number of carbonyl (C=O) groups is 3. The third-order valence-corrected chi connectivity index (χ3v) is 3.28. The highest BCUT2D eigenvalue weighted by Gasteiger charge is 2.27. The monoisotopic (exact) mass is 290 g/mol. The van der Waals surface area contributed by atoms with Crippen molar-refractivity contribution in [3.63, 3.8) is 0 Å². The molecule has 0 radical (unpaired) electrons. The van der Waals surface area contributed by atoms with Gasteiger partial charge >= 0.3 is 0 Å². The molecule has 1 N–H and O–H groups in total. The van der Waals surface area contributed by atoms with Crippen molar-refractivity contribution < 1.29 is 19.1 Å². The maximum Gasteiger partial charge on any atom is 0.265 e. The maximum atomic E-state index is 12.0. The van der Waals surface area contributed by atoms with Crippen LogP contribution in [0.3, 0.4) is 0 Å². The summed E-state index contributed by atoms with van der Waals surface area (Å²) in [5.74, 6) is -0.0579. The number of hydrogen-bond acceptors (Lipinski definition) is 4. The summed E-state index contributed by atoms with van der Waals surface area (Å²) >= 11 is 0. The van der Waals surface area contributed by atoms with Crippen LogP contribution in [0.1, 0.15) is 30.1 Å². The van der Waals surface area contributed by atoms with Crippen molar-refractivity contribution in [3.05, 3.63) is 23.8 Å². The van der Waals surface area contributed by atoms with Gasteiger partial charge in [-0.1, -0.05) is 6.92 Å². The van der Waals surface area contributed by atoms with Crippen molar-refractivity contribution in [1.82, 2.24) is 5.32 Å². The van der Waals surface area contributed by atoms with Gasteiger partial charge in [-0.15, -0.1) is 0 Å². The number of likely N-dealkylation sites (N-methyl/N-ethyl adjacent to an activating group) is 1. The zero-order chi connectivity index (χ0) is 15.4. The Balaban J connectivity index is 2.35. The van der Waals surface area contributed by atoms with E-state index in [2.05, 4.69) is 5.32 Å². The minimum Gasteiger partial charge on any atom is -0.482 e. The maximum absolute atomic E-state index is 12.0. The normalized spacial score (nSPS) is 13.4.